The fourth-order valence-corrected chi connectivity index (χ4v) is 2.99. The van der Waals surface area contributed by atoms with Crippen LogP contribution in [0.2, 0.25) is 0 Å². The summed E-state index contributed by atoms with van der Waals surface area (Å²) in [5, 5.41) is 15.7. The van der Waals surface area contributed by atoms with Crippen molar-refractivity contribution in [1.29, 1.82) is 0 Å². The van der Waals surface area contributed by atoms with Crippen LogP contribution < -0.4 is 5.32 Å². The molecule has 2 rings (SSSR count). The molecule has 0 heterocycles. The van der Waals surface area contributed by atoms with Crippen molar-refractivity contribution in [2.75, 3.05) is 5.32 Å². The van der Waals surface area contributed by atoms with E-state index < -0.39 is 0 Å². The van der Waals surface area contributed by atoms with Gasteiger partial charge in [0, 0.05) is 22.5 Å². The highest BCUT2D eigenvalue weighted by Gasteiger charge is 2.14. The third-order valence-corrected chi connectivity index (χ3v) is 3.77. The third kappa shape index (κ3) is 4.13. The normalized spacial score (nSPS) is 11.8. The Labute approximate surface area is 128 Å². The van der Waals surface area contributed by atoms with Gasteiger partial charge in [0.25, 0.3) is 0 Å². The molecule has 0 atom stereocenters. The predicted octanol–water partition coefficient (Wildman–Crippen LogP) is 5.42. The minimum atomic E-state index is 0.348. The van der Waals surface area contributed by atoms with E-state index in [-0.39, 0.29) is 0 Å². The van der Waals surface area contributed by atoms with Crippen LogP contribution in [0, 0.1) is 11.8 Å². The van der Waals surface area contributed by atoms with Crippen molar-refractivity contribution in [3.8, 4) is 5.75 Å². The lowest BCUT2D eigenvalue weighted by molar-refractivity contribution is 0.442. The first kappa shape index (κ1) is 15.7. The molecule has 0 radical (unpaired) electrons. The number of rotatable bonds is 6. The number of benzene rings is 2. The van der Waals surface area contributed by atoms with Crippen LogP contribution in [0.5, 0.6) is 5.75 Å². The molecule has 0 amide bonds. The third-order valence-electron chi connectivity index (χ3n) is 3.77. The van der Waals surface area contributed by atoms with Crippen molar-refractivity contribution in [3.05, 3.63) is 36.4 Å². The molecule has 0 aromatic heterocycles. The van der Waals surface area contributed by atoms with Gasteiger partial charge in [0.05, 0.1) is 0 Å². The van der Waals surface area contributed by atoms with Gasteiger partial charge in [-0.05, 0) is 36.8 Å². The van der Waals surface area contributed by atoms with Crippen molar-refractivity contribution in [1.82, 2.24) is 0 Å². The van der Waals surface area contributed by atoms with Crippen molar-refractivity contribution in [3.63, 3.8) is 0 Å². The summed E-state index contributed by atoms with van der Waals surface area (Å²) in [5.74, 6) is 1.69. The van der Waals surface area contributed by atoms with Gasteiger partial charge in [0.2, 0.25) is 0 Å². The number of phenolic OH excluding ortho intramolecular Hbond substituents is 1. The maximum absolute atomic E-state index is 9.99. The molecule has 2 aromatic carbocycles. The Hall–Kier alpha value is -1.70. The molecular formula is C19H27NO. The molecule has 0 saturated heterocycles. The van der Waals surface area contributed by atoms with Gasteiger partial charge < -0.3 is 10.4 Å². The lowest BCUT2D eigenvalue weighted by Crippen LogP contribution is -2.23. The zero-order valence-corrected chi connectivity index (χ0v) is 13.6. The van der Waals surface area contributed by atoms with E-state index in [1.54, 1.807) is 6.07 Å². The predicted molar refractivity (Wildman–Crippen MR) is 91.9 cm³/mol. The molecule has 0 aliphatic rings. The zero-order chi connectivity index (χ0) is 15.4. The summed E-state index contributed by atoms with van der Waals surface area (Å²) in [7, 11) is 0. The van der Waals surface area contributed by atoms with Gasteiger partial charge in [-0.1, -0.05) is 52.0 Å². The summed E-state index contributed by atoms with van der Waals surface area (Å²) in [6.45, 7) is 9.07. The summed E-state index contributed by atoms with van der Waals surface area (Å²) in [5.41, 5.74) is 1.12. The number of aromatic hydroxyl groups is 1. The summed E-state index contributed by atoms with van der Waals surface area (Å²) in [4.78, 5) is 0. The zero-order valence-electron chi connectivity index (χ0n) is 13.6. The smallest absolute Gasteiger partial charge is 0.123 e. The Balaban J connectivity index is 2.30. The summed E-state index contributed by atoms with van der Waals surface area (Å²) >= 11 is 0. The number of nitrogens with one attached hydrogen (secondary N) is 1. The molecule has 0 saturated carbocycles. The van der Waals surface area contributed by atoms with Crippen LogP contribution in [-0.4, -0.2) is 11.1 Å². The first-order valence-electron chi connectivity index (χ1n) is 7.94. The molecule has 21 heavy (non-hydrogen) atoms. The van der Waals surface area contributed by atoms with Crippen LogP contribution >= 0.6 is 0 Å². The molecule has 2 heteroatoms. The topological polar surface area (TPSA) is 32.3 Å². The Morgan fingerprint density at radius 1 is 0.857 bits per heavy atom. The van der Waals surface area contributed by atoms with Crippen molar-refractivity contribution >= 4 is 16.5 Å². The van der Waals surface area contributed by atoms with Crippen LogP contribution in [0.25, 0.3) is 10.8 Å². The number of fused-ring (bicyclic) bond motifs is 1. The lowest BCUT2D eigenvalue weighted by Gasteiger charge is -2.24. The Kier molecular flexibility index (Phi) is 5.11. The first-order chi connectivity index (χ1) is 9.97. The molecule has 2 aromatic rings. The minimum absolute atomic E-state index is 0.348. The summed E-state index contributed by atoms with van der Waals surface area (Å²) < 4.78 is 0. The second-order valence-corrected chi connectivity index (χ2v) is 6.78. The lowest BCUT2D eigenvalue weighted by atomic mass is 9.95. The van der Waals surface area contributed by atoms with Gasteiger partial charge in [-0.3, -0.25) is 0 Å². The van der Waals surface area contributed by atoms with Gasteiger partial charge in [-0.15, -0.1) is 0 Å². The van der Waals surface area contributed by atoms with E-state index in [0.717, 1.165) is 29.3 Å². The van der Waals surface area contributed by atoms with E-state index in [1.165, 1.54) is 0 Å². The number of phenols is 1. The van der Waals surface area contributed by atoms with Gasteiger partial charge in [-0.25, -0.2) is 0 Å². The molecule has 0 aliphatic carbocycles. The second-order valence-electron chi connectivity index (χ2n) is 6.78. The fraction of sp³-hybridized carbons (Fsp3) is 0.474. The maximum atomic E-state index is 9.99. The van der Waals surface area contributed by atoms with Gasteiger partial charge in [-0.2, -0.15) is 0 Å². The van der Waals surface area contributed by atoms with Crippen molar-refractivity contribution in [2.45, 2.75) is 46.6 Å². The Morgan fingerprint density at radius 3 is 2.05 bits per heavy atom. The van der Waals surface area contributed by atoms with Gasteiger partial charge in [0.15, 0.2) is 0 Å². The van der Waals surface area contributed by atoms with E-state index >= 15 is 0 Å². The average molecular weight is 285 g/mol. The number of hydrogen-bond donors (Lipinski definition) is 2. The fourth-order valence-electron chi connectivity index (χ4n) is 2.99. The molecular weight excluding hydrogens is 258 g/mol. The summed E-state index contributed by atoms with van der Waals surface area (Å²) in [6, 6.07) is 12.3. The van der Waals surface area contributed by atoms with Crippen molar-refractivity contribution in [2.24, 2.45) is 11.8 Å². The van der Waals surface area contributed by atoms with E-state index in [0.29, 0.717) is 23.6 Å². The molecule has 2 nitrogen and oxygen atoms in total. The molecule has 0 spiro atoms. The van der Waals surface area contributed by atoms with Gasteiger partial charge in [0.1, 0.15) is 5.75 Å². The molecule has 0 fully saturated rings. The number of anilines is 1. The average Bonchev–Trinajstić information content (AvgIpc) is 2.38. The van der Waals surface area contributed by atoms with Crippen LogP contribution in [-0.2, 0) is 0 Å². The Bertz CT molecular complexity index is 579. The highest BCUT2D eigenvalue weighted by Crippen LogP contribution is 2.31. The molecule has 2 N–H and O–H groups in total. The molecule has 0 aliphatic heterocycles. The van der Waals surface area contributed by atoms with Gasteiger partial charge >= 0.3 is 0 Å². The monoisotopic (exact) mass is 285 g/mol. The largest absolute Gasteiger partial charge is 0.507 e. The quantitative estimate of drug-likeness (QED) is 0.743. The molecule has 114 valence electrons. The van der Waals surface area contributed by atoms with Crippen molar-refractivity contribution < 1.29 is 5.11 Å². The summed E-state index contributed by atoms with van der Waals surface area (Å²) in [6.07, 6.45) is 2.32. The highest BCUT2D eigenvalue weighted by atomic mass is 16.3. The van der Waals surface area contributed by atoms with Crippen LogP contribution in [0.4, 0.5) is 5.69 Å². The van der Waals surface area contributed by atoms with E-state index in [1.807, 2.05) is 18.2 Å². The molecule has 0 bridgehead atoms. The second kappa shape index (κ2) is 6.84. The number of hydrogen-bond acceptors (Lipinski definition) is 2. The SMILES string of the molecule is CC(C)CC(CC(C)C)Nc1cccc2c(O)cccc12. The first-order valence-corrected chi connectivity index (χ1v) is 7.94. The maximum Gasteiger partial charge on any atom is 0.123 e. The van der Waals surface area contributed by atoms with Crippen LogP contribution in [0.3, 0.4) is 0 Å². The molecule has 0 unspecified atom stereocenters. The van der Waals surface area contributed by atoms with E-state index in [2.05, 4.69) is 45.1 Å². The van der Waals surface area contributed by atoms with Crippen LogP contribution in [0.15, 0.2) is 36.4 Å². The van der Waals surface area contributed by atoms with E-state index in [9.17, 15) is 5.11 Å². The van der Waals surface area contributed by atoms with Crippen LogP contribution in [0.1, 0.15) is 40.5 Å². The standard InChI is InChI=1S/C19H27NO/c1-13(2)11-15(12-14(3)4)20-18-9-5-8-17-16(18)7-6-10-19(17)21/h5-10,13-15,20-21H,11-12H2,1-4H3. The Morgan fingerprint density at radius 2 is 1.43 bits per heavy atom. The minimum Gasteiger partial charge on any atom is -0.507 e. The van der Waals surface area contributed by atoms with E-state index in [4.69, 9.17) is 0 Å². The highest BCUT2D eigenvalue weighted by molar-refractivity contribution is 5.97.